The summed E-state index contributed by atoms with van der Waals surface area (Å²) >= 11 is 0. The molecule has 0 atom stereocenters. The van der Waals surface area contributed by atoms with Crippen molar-refractivity contribution < 1.29 is 13.2 Å². The van der Waals surface area contributed by atoms with Crippen LogP contribution in [-0.2, 0) is 5.54 Å². The first-order valence-corrected chi connectivity index (χ1v) is 4.43. The van der Waals surface area contributed by atoms with E-state index in [1.807, 2.05) is 0 Å². The Hall–Kier alpha value is -1.03. The molecule has 0 spiro atoms. The minimum Gasteiger partial charge on any atom is -0.310 e. The highest BCUT2D eigenvalue weighted by molar-refractivity contribution is 5.32. The van der Waals surface area contributed by atoms with Gasteiger partial charge in [0.25, 0.3) is 0 Å². The number of hydrogen-bond acceptors (Lipinski definition) is 1. The normalized spacial score (nSPS) is 18.3. The van der Waals surface area contributed by atoms with Crippen molar-refractivity contribution >= 4 is 0 Å². The molecule has 1 aromatic carbocycles. The summed E-state index contributed by atoms with van der Waals surface area (Å²) in [6.45, 7) is 0. The van der Waals surface area contributed by atoms with Gasteiger partial charge in [-0.25, -0.2) is 13.2 Å². The average molecular weight is 201 g/mol. The number of rotatable bonds is 2. The van der Waals surface area contributed by atoms with Crippen LogP contribution in [-0.4, -0.2) is 7.05 Å². The zero-order valence-electron chi connectivity index (χ0n) is 7.70. The summed E-state index contributed by atoms with van der Waals surface area (Å²) in [7, 11) is 1.69. The first-order valence-electron chi connectivity index (χ1n) is 4.43. The SMILES string of the molecule is CNC1(c2ccc(F)c(F)c2F)CC1. The second-order valence-electron chi connectivity index (χ2n) is 3.56. The van der Waals surface area contributed by atoms with Crippen molar-refractivity contribution in [2.75, 3.05) is 7.05 Å². The van der Waals surface area contributed by atoms with Crippen molar-refractivity contribution in [1.29, 1.82) is 0 Å². The maximum Gasteiger partial charge on any atom is 0.194 e. The molecule has 1 saturated carbocycles. The minimum atomic E-state index is -1.39. The quantitative estimate of drug-likeness (QED) is 0.724. The van der Waals surface area contributed by atoms with Gasteiger partial charge >= 0.3 is 0 Å². The first-order chi connectivity index (χ1) is 6.60. The number of nitrogens with one attached hydrogen (secondary N) is 1. The van der Waals surface area contributed by atoms with Crippen LogP contribution in [0.4, 0.5) is 13.2 Å². The second-order valence-corrected chi connectivity index (χ2v) is 3.56. The van der Waals surface area contributed by atoms with E-state index < -0.39 is 23.0 Å². The van der Waals surface area contributed by atoms with E-state index in [-0.39, 0.29) is 5.56 Å². The third kappa shape index (κ3) is 1.21. The summed E-state index contributed by atoms with van der Waals surface area (Å²) in [5.41, 5.74) is -0.252. The fourth-order valence-corrected chi connectivity index (χ4v) is 1.67. The molecule has 0 unspecified atom stereocenters. The highest BCUT2D eigenvalue weighted by Crippen LogP contribution is 2.46. The Bertz CT molecular complexity index is 372. The van der Waals surface area contributed by atoms with Gasteiger partial charge in [-0.05, 0) is 26.0 Å². The molecule has 0 heterocycles. The Morgan fingerprint density at radius 1 is 1.14 bits per heavy atom. The van der Waals surface area contributed by atoms with Crippen molar-refractivity contribution in [2.24, 2.45) is 0 Å². The summed E-state index contributed by atoms with van der Waals surface area (Å²) in [5.74, 6) is -3.60. The largest absolute Gasteiger partial charge is 0.310 e. The van der Waals surface area contributed by atoms with Gasteiger partial charge in [0.15, 0.2) is 17.5 Å². The lowest BCUT2D eigenvalue weighted by atomic mass is 10.0. The lowest BCUT2D eigenvalue weighted by molar-refractivity contribution is 0.425. The van der Waals surface area contributed by atoms with E-state index in [0.717, 1.165) is 18.9 Å². The molecule has 4 heteroatoms. The molecule has 1 fully saturated rings. The van der Waals surface area contributed by atoms with Gasteiger partial charge in [-0.3, -0.25) is 0 Å². The van der Waals surface area contributed by atoms with Gasteiger partial charge in [0.05, 0.1) is 0 Å². The molecule has 14 heavy (non-hydrogen) atoms. The zero-order valence-corrected chi connectivity index (χ0v) is 7.70. The lowest BCUT2D eigenvalue weighted by Crippen LogP contribution is -2.26. The molecule has 0 amide bonds. The molecule has 0 saturated heterocycles. The van der Waals surface area contributed by atoms with Crippen molar-refractivity contribution in [3.63, 3.8) is 0 Å². The van der Waals surface area contributed by atoms with Crippen LogP contribution >= 0.6 is 0 Å². The van der Waals surface area contributed by atoms with E-state index >= 15 is 0 Å². The molecular formula is C10H10F3N. The van der Waals surface area contributed by atoms with Crippen molar-refractivity contribution in [1.82, 2.24) is 5.32 Å². The fourth-order valence-electron chi connectivity index (χ4n) is 1.67. The van der Waals surface area contributed by atoms with Crippen molar-refractivity contribution in [3.8, 4) is 0 Å². The van der Waals surface area contributed by atoms with Crippen molar-refractivity contribution in [2.45, 2.75) is 18.4 Å². The van der Waals surface area contributed by atoms with E-state index in [9.17, 15) is 13.2 Å². The Balaban J connectivity index is 2.50. The van der Waals surface area contributed by atoms with E-state index in [1.54, 1.807) is 7.05 Å². The van der Waals surface area contributed by atoms with Crippen LogP contribution in [0.2, 0.25) is 0 Å². The molecule has 0 bridgehead atoms. The molecule has 0 aliphatic heterocycles. The molecule has 1 nitrogen and oxygen atoms in total. The summed E-state index contributed by atoms with van der Waals surface area (Å²) in [4.78, 5) is 0. The minimum absolute atomic E-state index is 0.221. The van der Waals surface area contributed by atoms with Gasteiger partial charge in [0.1, 0.15) is 0 Å². The highest BCUT2D eigenvalue weighted by atomic mass is 19.2. The molecule has 0 radical (unpaired) electrons. The number of benzene rings is 1. The van der Waals surface area contributed by atoms with Gasteiger partial charge in [-0.15, -0.1) is 0 Å². The summed E-state index contributed by atoms with van der Waals surface area (Å²) in [6, 6.07) is 2.27. The molecular weight excluding hydrogens is 191 g/mol. The van der Waals surface area contributed by atoms with E-state index in [1.165, 1.54) is 6.07 Å². The predicted molar refractivity (Wildman–Crippen MR) is 46.3 cm³/mol. The zero-order chi connectivity index (χ0) is 10.3. The van der Waals surface area contributed by atoms with Crippen LogP contribution in [0.25, 0.3) is 0 Å². The molecule has 1 aromatic rings. The van der Waals surface area contributed by atoms with E-state index in [4.69, 9.17) is 0 Å². The fraction of sp³-hybridized carbons (Fsp3) is 0.400. The third-order valence-electron chi connectivity index (χ3n) is 2.78. The number of halogens is 3. The standard InChI is InChI=1S/C10H10F3N/c1-14-10(4-5-10)6-2-3-7(11)9(13)8(6)12/h2-3,14H,4-5H2,1H3. The van der Waals surface area contributed by atoms with Crippen molar-refractivity contribution in [3.05, 3.63) is 35.1 Å². The van der Waals surface area contributed by atoms with Gasteiger partial charge in [0.2, 0.25) is 0 Å². The Morgan fingerprint density at radius 3 is 2.29 bits per heavy atom. The summed E-state index contributed by atoms with van der Waals surface area (Å²) in [5, 5.41) is 2.93. The second kappa shape index (κ2) is 2.98. The molecule has 1 aliphatic carbocycles. The van der Waals surface area contributed by atoms with Crippen LogP contribution < -0.4 is 5.32 Å². The molecule has 2 rings (SSSR count). The molecule has 1 aliphatic rings. The first kappa shape index (κ1) is 9.52. The van der Waals surface area contributed by atoms with Crippen LogP contribution in [0.15, 0.2) is 12.1 Å². The van der Waals surface area contributed by atoms with Gasteiger partial charge in [0, 0.05) is 11.1 Å². The average Bonchev–Trinajstić information content (AvgIpc) is 2.95. The Kier molecular flexibility index (Phi) is 2.03. The molecule has 76 valence electrons. The maximum atomic E-state index is 13.3. The molecule has 1 N–H and O–H groups in total. The third-order valence-corrected chi connectivity index (χ3v) is 2.78. The number of hydrogen-bond donors (Lipinski definition) is 1. The van der Waals surface area contributed by atoms with E-state index in [0.29, 0.717) is 0 Å². The molecule has 0 aromatic heterocycles. The highest BCUT2D eigenvalue weighted by Gasteiger charge is 2.45. The topological polar surface area (TPSA) is 12.0 Å². The van der Waals surface area contributed by atoms with Gasteiger partial charge in [-0.2, -0.15) is 0 Å². The van der Waals surface area contributed by atoms with E-state index in [2.05, 4.69) is 5.32 Å². The maximum absolute atomic E-state index is 13.3. The van der Waals surface area contributed by atoms with Gasteiger partial charge < -0.3 is 5.32 Å². The summed E-state index contributed by atoms with van der Waals surface area (Å²) < 4.78 is 38.9. The Morgan fingerprint density at radius 2 is 1.79 bits per heavy atom. The lowest BCUT2D eigenvalue weighted by Gasteiger charge is -2.15. The van der Waals surface area contributed by atoms with Crippen LogP contribution in [0.5, 0.6) is 0 Å². The van der Waals surface area contributed by atoms with Crippen LogP contribution in [0.1, 0.15) is 18.4 Å². The monoisotopic (exact) mass is 201 g/mol. The Labute approximate surface area is 79.9 Å². The smallest absolute Gasteiger partial charge is 0.194 e. The van der Waals surface area contributed by atoms with Crippen LogP contribution in [0, 0.1) is 17.5 Å². The predicted octanol–water partition coefficient (Wildman–Crippen LogP) is 2.31. The van der Waals surface area contributed by atoms with Crippen LogP contribution in [0.3, 0.4) is 0 Å². The summed E-state index contributed by atoms with van der Waals surface area (Å²) in [6.07, 6.45) is 1.51. The van der Waals surface area contributed by atoms with Gasteiger partial charge in [-0.1, -0.05) is 6.07 Å².